The number of rotatable bonds is 2. The Morgan fingerprint density at radius 2 is 1.36 bits per heavy atom. The maximum Gasteiger partial charge on any atom is 0.416 e. The van der Waals surface area contributed by atoms with E-state index in [9.17, 15) is 31.1 Å². The summed E-state index contributed by atoms with van der Waals surface area (Å²) in [5, 5.41) is 0. The van der Waals surface area contributed by atoms with Gasteiger partial charge in [0.1, 0.15) is 5.78 Å². The molecule has 84 valence electrons. The molecule has 0 aromatic carbocycles. The van der Waals surface area contributed by atoms with Crippen LogP contribution in [0, 0.1) is 0 Å². The predicted octanol–water partition coefficient (Wildman–Crippen LogP) is 3.07. The third-order valence-corrected chi connectivity index (χ3v) is 1.95. The van der Waals surface area contributed by atoms with Crippen LogP contribution in [0.25, 0.3) is 0 Å². The molecule has 1 nitrogen and oxygen atoms in total. The van der Waals surface area contributed by atoms with Crippen molar-refractivity contribution in [1.29, 1.82) is 0 Å². The zero-order valence-corrected chi connectivity index (χ0v) is 7.52. The molecule has 0 bridgehead atoms. The minimum absolute atomic E-state index is 0.606. The summed E-state index contributed by atoms with van der Waals surface area (Å²) in [6.07, 6.45) is -13.2. The summed E-state index contributed by atoms with van der Waals surface area (Å²) in [6.45, 7) is 0.606. The lowest BCUT2D eigenvalue weighted by molar-refractivity contribution is -0.268. The zero-order chi connectivity index (χ0) is 11.8. The van der Waals surface area contributed by atoms with Crippen molar-refractivity contribution in [3.05, 3.63) is 0 Å². The molecule has 14 heavy (non-hydrogen) atoms. The highest BCUT2D eigenvalue weighted by molar-refractivity contribution is 6.26. The maximum atomic E-state index is 12.0. The molecule has 0 amide bonds. The van der Waals surface area contributed by atoms with Gasteiger partial charge in [-0.2, -0.15) is 26.3 Å². The Morgan fingerprint density at radius 1 is 1.07 bits per heavy atom. The topological polar surface area (TPSA) is 17.1 Å². The van der Waals surface area contributed by atoms with Crippen molar-refractivity contribution < 1.29 is 31.1 Å². The van der Waals surface area contributed by atoms with Crippen LogP contribution >= 0.6 is 11.6 Å². The lowest BCUT2D eigenvalue weighted by Gasteiger charge is -2.30. The Balaban J connectivity index is 5.18. The summed E-state index contributed by atoms with van der Waals surface area (Å²) in [4.78, 5) is 5.79. The van der Waals surface area contributed by atoms with E-state index in [1.165, 1.54) is 0 Å². The molecular formula is C6H5ClF6O. The van der Waals surface area contributed by atoms with Crippen molar-refractivity contribution in [2.45, 2.75) is 30.6 Å². The Kier molecular flexibility index (Phi) is 3.48. The summed E-state index contributed by atoms with van der Waals surface area (Å²) in [6, 6.07) is 0. The molecule has 0 aromatic heterocycles. The van der Waals surface area contributed by atoms with Crippen LogP contribution in [-0.2, 0) is 4.79 Å². The fraction of sp³-hybridized carbons (Fsp3) is 0.833. The van der Waals surface area contributed by atoms with Crippen molar-refractivity contribution in [1.82, 2.24) is 0 Å². The van der Waals surface area contributed by atoms with E-state index >= 15 is 0 Å². The van der Waals surface area contributed by atoms with E-state index in [1.54, 1.807) is 0 Å². The predicted molar refractivity (Wildman–Crippen MR) is 36.0 cm³/mol. The maximum absolute atomic E-state index is 12.0. The summed E-state index contributed by atoms with van der Waals surface area (Å²) >= 11 is 4.42. The van der Waals surface area contributed by atoms with Gasteiger partial charge in [-0.05, 0) is 6.92 Å². The van der Waals surface area contributed by atoms with Gasteiger partial charge in [-0.15, -0.1) is 0 Å². The quantitative estimate of drug-likeness (QED) is 0.537. The van der Waals surface area contributed by atoms with Crippen molar-refractivity contribution >= 4 is 17.4 Å². The monoisotopic (exact) mass is 242 g/mol. The zero-order valence-electron chi connectivity index (χ0n) is 6.76. The lowest BCUT2D eigenvalue weighted by Crippen LogP contribution is -2.53. The van der Waals surface area contributed by atoms with Crippen LogP contribution < -0.4 is 0 Å². The standard InChI is InChI=1S/C6H5ClF6O/c1-3(14)2-4(7,5(8,9)10)6(11,12)13/h2H2,1H3. The molecular weight excluding hydrogens is 238 g/mol. The van der Waals surface area contributed by atoms with E-state index in [0.717, 1.165) is 0 Å². The Labute approximate surface area is 80.0 Å². The SMILES string of the molecule is CC(=O)CC(Cl)(C(F)(F)F)C(F)(F)F. The first-order valence-electron chi connectivity index (χ1n) is 3.23. The molecule has 0 N–H and O–H groups in total. The average Bonchev–Trinajstić information content (AvgIpc) is 1.79. The van der Waals surface area contributed by atoms with Crippen molar-refractivity contribution in [2.24, 2.45) is 0 Å². The Hall–Kier alpha value is -0.460. The molecule has 0 aliphatic heterocycles. The van der Waals surface area contributed by atoms with E-state index < -0.39 is 29.4 Å². The molecule has 0 atom stereocenters. The van der Waals surface area contributed by atoms with Crippen LogP contribution in [0.1, 0.15) is 13.3 Å². The average molecular weight is 243 g/mol. The number of alkyl halides is 7. The van der Waals surface area contributed by atoms with Crippen molar-refractivity contribution in [3.8, 4) is 0 Å². The summed E-state index contributed by atoms with van der Waals surface area (Å²) in [5.74, 6) is -1.28. The summed E-state index contributed by atoms with van der Waals surface area (Å²) < 4.78 is 71.7. The normalized spacial score (nSPS) is 14.3. The van der Waals surface area contributed by atoms with Gasteiger partial charge < -0.3 is 0 Å². The second-order valence-corrected chi connectivity index (χ2v) is 3.32. The molecule has 0 aliphatic rings. The minimum atomic E-state index is -5.71. The molecule has 0 spiro atoms. The largest absolute Gasteiger partial charge is 0.416 e. The number of hydrogen-bond donors (Lipinski definition) is 0. The Morgan fingerprint density at radius 3 is 1.43 bits per heavy atom. The van der Waals surface area contributed by atoms with E-state index in [0.29, 0.717) is 6.92 Å². The second kappa shape index (κ2) is 3.60. The minimum Gasteiger partial charge on any atom is -0.300 e. The fourth-order valence-electron chi connectivity index (χ4n) is 0.704. The van der Waals surface area contributed by atoms with Gasteiger partial charge in [-0.3, -0.25) is 4.79 Å². The van der Waals surface area contributed by atoms with Crippen molar-refractivity contribution in [2.75, 3.05) is 0 Å². The Bertz CT molecular complexity index is 215. The summed E-state index contributed by atoms with van der Waals surface area (Å²) in [5.41, 5.74) is 0. The third-order valence-electron chi connectivity index (χ3n) is 1.39. The van der Waals surface area contributed by atoms with Crippen LogP contribution in [0.5, 0.6) is 0 Å². The van der Waals surface area contributed by atoms with Gasteiger partial charge in [0.25, 0.3) is 0 Å². The van der Waals surface area contributed by atoms with Gasteiger partial charge in [0.2, 0.25) is 4.87 Å². The van der Waals surface area contributed by atoms with E-state index in [2.05, 4.69) is 11.6 Å². The number of halogens is 7. The number of carbonyl (C=O) groups excluding carboxylic acids is 1. The van der Waals surface area contributed by atoms with Crippen LogP contribution in [0.15, 0.2) is 0 Å². The number of Topliss-reactive ketones (excluding diaryl/α,β-unsaturated/α-hetero) is 1. The number of hydrogen-bond acceptors (Lipinski definition) is 1. The van der Waals surface area contributed by atoms with Crippen LogP contribution in [0.3, 0.4) is 0 Å². The van der Waals surface area contributed by atoms with Crippen LogP contribution in [0.4, 0.5) is 26.3 Å². The molecule has 0 fully saturated rings. The molecule has 0 rings (SSSR count). The molecule has 0 saturated heterocycles. The number of ketones is 1. The molecule has 8 heteroatoms. The van der Waals surface area contributed by atoms with E-state index in [1.807, 2.05) is 0 Å². The lowest BCUT2D eigenvalue weighted by atomic mass is 10.0. The van der Waals surface area contributed by atoms with Gasteiger partial charge in [0, 0.05) is 6.42 Å². The van der Waals surface area contributed by atoms with Crippen LogP contribution in [-0.4, -0.2) is 23.0 Å². The second-order valence-electron chi connectivity index (χ2n) is 2.68. The van der Waals surface area contributed by atoms with Gasteiger partial charge in [0.15, 0.2) is 0 Å². The first kappa shape index (κ1) is 13.5. The third kappa shape index (κ3) is 2.52. The molecule has 0 aromatic rings. The molecule has 0 aliphatic carbocycles. The summed E-state index contributed by atoms with van der Waals surface area (Å²) in [7, 11) is 0. The molecule has 0 unspecified atom stereocenters. The highest BCUT2D eigenvalue weighted by Crippen LogP contribution is 2.50. The first-order valence-corrected chi connectivity index (χ1v) is 3.61. The molecule has 0 radical (unpaired) electrons. The first-order chi connectivity index (χ1) is 5.92. The van der Waals surface area contributed by atoms with Gasteiger partial charge >= 0.3 is 12.4 Å². The fourth-order valence-corrected chi connectivity index (χ4v) is 0.892. The highest BCUT2D eigenvalue weighted by Gasteiger charge is 2.70. The smallest absolute Gasteiger partial charge is 0.300 e. The van der Waals surface area contributed by atoms with E-state index in [-0.39, 0.29) is 0 Å². The van der Waals surface area contributed by atoms with E-state index in [4.69, 9.17) is 0 Å². The molecule has 0 saturated carbocycles. The number of carbonyl (C=O) groups is 1. The van der Waals surface area contributed by atoms with Gasteiger partial charge in [-0.1, -0.05) is 11.6 Å². The van der Waals surface area contributed by atoms with Gasteiger partial charge in [-0.25, -0.2) is 0 Å². The van der Waals surface area contributed by atoms with Crippen LogP contribution in [0.2, 0.25) is 0 Å². The highest BCUT2D eigenvalue weighted by atomic mass is 35.5. The molecule has 0 heterocycles. The van der Waals surface area contributed by atoms with Crippen molar-refractivity contribution in [3.63, 3.8) is 0 Å². The van der Waals surface area contributed by atoms with Gasteiger partial charge in [0.05, 0.1) is 0 Å².